The van der Waals surface area contributed by atoms with Crippen LogP contribution in [0.1, 0.15) is 11.7 Å². The van der Waals surface area contributed by atoms with Gasteiger partial charge in [-0.1, -0.05) is 18.2 Å². The Labute approximate surface area is 214 Å². The molecule has 4 rings (SSSR count). The third-order valence-electron chi connectivity index (χ3n) is 5.30. The van der Waals surface area contributed by atoms with Crippen molar-refractivity contribution in [3.8, 4) is 11.6 Å². The molecule has 14 heteroatoms. The Morgan fingerprint density at radius 3 is 2.50 bits per heavy atom. The Balaban J connectivity index is 1.28. The van der Waals surface area contributed by atoms with Crippen LogP contribution < -0.4 is 19.5 Å². The minimum absolute atomic E-state index is 0.0174. The quantitative estimate of drug-likeness (QED) is 0.154. The van der Waals surface area contributed by atoms with Crippen LogP contribution in [-0.4, -0.2) is 50.0 Å². The molecule has 38 heavy (non-hydrogen) atoms. The second-order valence-electron chi connectivity index (χ2n) is 7.96. The smallest absolute Gasteiger partial charge is 0.388 e. The van der Waals surface area contributed by atoms with Crippen LogP contribution in [0.3, 0.4) is 0 Å². The summed E-state index contributed by atoms with van der Waals surface area (Å²) >= 11 is 0. The maximum absolute atomic E-state index is 13.9. The molecule has 0 saturated heterocycles. The normalized spacial score (nSPS) is 12.6. The van der Waals surface area contributed by atoms with E-state index in [-0.39, 0.29) is 24.7 Å². The number of ether oxygens (including phenoxy) is 2. The van der Waals surface area contributed by atoms with Crippen LogP contribution >= 0.6 is 0 Å². The van der Waals surface area contributed by atoms with Gasteiger partial charge in [0.2, 0.25) is 5.88 Å². The van der Waals surface area contributed by atoms with Gasteiger partial charge in [-0.15, -0.1) is 5.10 Å². The number of nitrogens with one attached hydrogen (secondary N) is 3. The maximum atomic E-state index is 13.9. The van der Waals surface area contributed by atoms with E-state index in [9.17, 15) is 31.1 Å². The number of rotatable bonds is 12. The topological polar surface area (TPSA) is 126 Å². The van der Waals surface area contributed by atoms with Crippen LogP contribution in [-0.2, 0) is 10.0 Å². The number of benzene rings is 3. The van der Waals surface area contributed by atoms with Crippen LogP contribution in [0.15, 0.2) is 65.6 Å². The molecule has 0 aliphatic carbocycles. The van der Waals surface area contributed by atoms with Gasteiger partial charge in [0.25, 0.3) is 10.0 Å². The Kier molecular flexibility index (Phi) is 8.34. The van der Waals surface area contributed by atoms with E-state index in [1.165, 1.54) is 24.3 Å². The number of hydrogen-bond donors (Lipinski definition) is 4. The zero-order valence-electron chi connectivity index (χ0n) is 19.5. The number of H-pyrrole nitrogens is 1. The Morgan fingerprint density at radius 2 is 1.76 bits per heavy atom. The van der Waals surface area contributed by atoms with Crippen LogP contribution in [0.25, 0.3) is 10.9 Å². The number of aliphatic hydroxyl groups is 1. The van der Waals surface area contributed by atoms with Gasteiger partial charge in [0, 0.05) is 24.8 Å². The third-order valence-corrected chi connectivity index (χ3v) is 6.73. The third kappa shape index (κ3) is 6.51. The summed E-state index contributed by atoms with van der Waals surface area (Å²) in [5.74, 6) is -2.21. The van der Waals surface area contributed by atoms with Gasteiger partial charge < -0.3 is 19.9 Å². The first kappa shape index (κ1) is 27.2. The Bertz CT molecular complexity index is 1500. The highest BCUT2D eigenvalue weighted by molar-refractivity contribution is 7.92. The largest absolute Gasteiger partial charge is 0.492 e. The van der Waals surface area contributed by atoms with Crippen molar-refractivity contribution in [3.05, 3.63) is 77.9 Å². The Hall–Kier alpha value is -3.88. The van der Waals surface area contributed by atoms with Crippen molar-refractivity contribution in [2.45, 2.75) is 17.6 Å². The molecular weight excluding hydrogens is 532 g/mol. The summed E-state index contributed by atoms with van der Waals surface area (Å²) in [7, 11) is -4.55. The minimum Gasteiger partial charge on any atom is -0.492 e. The van der Waals surface area contributed by atoms with E-state index in [2.05, 4.69) is 25.0 Å². The molecule has 1 aromatic heterocycles. The highest BCUT2D eigenvalue weighted by Crippen LogP contribution is 2.27. The highest BCUT2D eigenvalue weighted by atomic mass is 32.2. The number of anilines is 1. The molecule has 202 valence electrons. The summed E-state index contributed by atoms with van der Waals surface area (Å²) in [5, 5.41) is 20.1. The summed E-state index contributed by atoms with van der Waals surface area (Å²) in [6.07, 6.45) is -1.03. The van der Waals surface area contributed by atoms with Gasteiger partial charge in [0.05, 0.1) is 17.0 Å². The van der Waals surface area contributed by atoms with Gasteiger partial charge in [-0.2, -0.15) is 8.78 Å². The van der Waals surface area contributed by atoms with Gasteiger partial charge >= 0.3 is 6.61 Å². The molecule has 1 atom stereocenters. The molecule has 1 unspecified atom stereocenters. The predicted molar refractivity (Wildman–Crippen MR) is 130 cm³/mol. The first-order chi connectivity index (χ1) is 18.1. The first-order valence-electron chi connectivity index (χ1n) is 11.2. The van der Waals surface area contributed by atoms with Crippen molar-refractivity contribution in [2.75, 3.05) is 24.4 Å². The monoisotopic (exact) mass is 554 g/mol. The van der Waals surface area contributed by atoms with Crippen molar-refractivity contribution in [3.63, 3.8) is 0 Å². The molecule has 3 aromatic carbocycles. The molecule has 0 bridgehead atoms. The second-order valence-corrected chi connectivity index (χ2v) is 9.58. The fourth-order valence-corrected chi connectivity index (χ4v) is 4.78. The first-order valence-corrected chi connectivity index (χ1v) is 12.6. The number of halogens is 4. The number of nitrogens with zero attached hydrogens (tertiary/aromatic N) is 1. The van der Waals surface area contributed by atoms with Crippen LogP contribution in [0.5, 0.6) is 11.6 Å². The lowest BCUT2D eigenvalue weighted by Crippen LogP contribution is -2.26. The van der Waals surface area contributed by atoms with E-state index in [4.69, 9.17) is 4.74 Å². The molecule has 1 heterocycles. The summed E-state index contributed by atoms with van der Waals surface area (Å²) in [6, 6.07) is 13.2. The van der Waals surface area contributed by atoms with Gasteiger partial charge in [0.15, 0.2) is 4.90 Å². The van der Waals surface area contributed by atoms with Gasteiger partial charge in [-0.3, -0.25) is 9.82 Å². The van der Waals surface area contributed by atoms with Crippen LogP contribution in [0.2, 0.25) is 0 Å². The zero-order chi connectivity index (χ0) is 27.3. The second kappa shape index (κ2) is 11.7. The summed E-state index contributed by atoms with van der Waals surface area (Å²) in [6.45, 7) is -2.36. The zero-order valence-corrected chi connectivity index (χ0v) is 20.3. The number of sulfonamides is 1. The minimum atomic E-state index is -4.55. The average Bonchev–Trinajstić information content (AvgIpc) is 3.24. The summed E-state index contributed by atoms with van der Waals surface area (Å²) in [5.41, 5.74) is 0.831. The lowest BCUT2D eigenvalue weighted by Gasteiger charge is -2.15. The van der Waals surface area contributed by atoms with Gasteiger partial charge in [-0.25, -0.2) is 17.2 Å². The number of hydrogen-bond acceptors (Lipinski definition) is 7. The van der Waals surface area contributed by atoms with E-state index < -0.39 is 39.3 Å². The van der Waals surface area contributed by atoms with Crippen molar-refractivity contribution >= 4 is 26.6 Å². The number of aromatic nitrogens is 2. The van der Waals surface area contributed by atoms with Gasteiger partial charge in [-0.05, 0) is 42.0 Å². The highest BCUT2D eigenvalue weighted by Gasteiger charge is 2.24. The van der Waals surface area contributed by atoms with Crippen molar-refractivity contribution in [1.82, 2.24) is 15.5 Å². The number of alkyl halides is 2. The SMILES string of the molecule is O=S(=O)(Nc1cccc(C(O)CNCCOc2ccc3c(OC(F)F)n[nH]c3c2)c1)c1c(F)cccc1F. The maximum Gasteiger partial charge on any atom is 0.388 e. The van der Waals surface area contributed by atoms with E-state index in [0.29, 0.717) is 28.8 Å². The standard InChI is InChI=1S/C24H22F4N4O5S/c25-18-5-2-6-19(26)22(18)38(34,35)32-15-4-1-3-14(11-15)21(33)13-29-9-10-36-16-7-8-17-20(12-16)30-31-23(17)37-24(27)28/h1-8,11-12,21,24,29,32-33H,9-10,13H2,(H,30,31). The molecule has 0 fully saturated rings. The lowest BCUT2D eigenvalue weighted by atomic mass is 10.1. The number of aliphatic hydroxyl groups excluding tert-OH is 1. The van der Waals surface area contributed by atoms with E-state index >= 15 is 0 Å². The van der Waals surface area contributed by atoms with Crippen molar-refractivity contribution in [1.29, 1.82) is 0 Å². The van der Waals surface area contributed by atoms with Crippen molar-refractivity contribution in [2.24, 2.45) is 0 Å². The number of fused-ring (bicyclic) bond motifs is 1. The van der Waals surface area contributed by atoms with E-state index in [1.54, 1.807) is 18.2 Å². The molecule has 0 spiro atoms. The Morgan fingerprint density at radius 1 is 1.03 bits per heavy atom. The molecule has 4 aromatic rings. The molecule has 0 aliphatic heterocycles. The molecule has 0 amide bonds. The lowest BCUT2D eigenvalue weighted by molar-refractivity contribution is -0.0518. The van der Waals surface area contributed by atoms with E-state index in [0.717, 1.165) is 18.2 Å². The average molecular weight is 555 g/mol. The fourth-order valence-electron chi connectivity index (χ4n) is 3.59. The number of aromatic amines is 1. The van der Waals surface area contributed by atoms with E-state index in [1.807, 2.05) is 0 Å². The van der Waals surface area contributed by atoms with Crippen LogP contribution in [0, 0.1) is 11.6 Å². The fraction of sp³-hybridized carbons (Fsp3) is 0.208. The van der Waals surface area contributed by atoms with Crippen LogP contribution in [0.4, 0.5) is 23.2 Å². The van der Waals surface area contributed by atoms with Gasteiger partial charge in [0.1, 0.15) is 24.0 Å². The molecule has 0 radical (unpaired) electrons. The molecule has 9 nitrogen and oxygen atoms in total. The molecule has 0 saturated carbocycles. The summed E-state index contributed by atoms with van der Waals surface area (Å²) < 4.78 is 89.7. The molecule has 0 aliphatic rings. The molecule has 4 N–H and O–H groups in total. The summed E-state index contributed by atoms with van der Waals surface area (Å²) in [4.78, 5) is -1.10. The van der Waals surface area contributed by atoms with Crippen molar-refractivity contribution < 1.29 is 40.6 Å². The molecular formula is C24H22F4N4O5S. The predicted octanol–water partition coefficient (Wildman–Crippen LogP) is 3.95.